The molecular formula is C24H28ClN3O2. The number of carbonyl (C=O) groups is 1. The number of imidazole rings is 1. The number of anilines is 1. The van der Waals surface area contributed by atoms with Gasteiger partial charge < -0.3 is 14.6 Å². The lowest BCUT2D eigenvalue weighted by Crippen LogP contribution is -2.20. The Morgan fingerprint density at radius 1 is 1.23 bits per heavy atom. The molecule has 6 heteroatoms. The van der Waals surface area contributed by atoms with E-state index in [1.54, 1.807) is 0 Å². The van der Waals surface area contributed by atoms with Crippen LogP contribution in [0, 0.1) is 6.92 Å². The second-order valence-electron chi connectivity index (χ2n) is 8.32. The summed E-state index contributed by atoms with van der Waals surface area (Å²) in [6.07, 6.45) is 4.65. The number of ether oxygens (including phenoxy) is 1. The fourth-order valence-corrected chi connectivity index (χ4v) is 4.19. The maximum Gasteiger partial charge on any atom is 0.262 e. The number of aromatic nitrogens is 2. The lowest BCUT2D eigenvalue weighted by molar-refractivity contribution is -0.118. The first-order valence-electron chi connectivity index (χ1n) is 10.6. The minimum absolute atomic E-state index is 0.0570. The number of aryl methyl sites for hydroxylation is 3. The van der Waals surface area contributed by atoms with Gasteiger partial charge >= 0.3 is 0 Å². The summed E-state index contributed by atoms with van der Waals surface area (Å²) < 4.78 is 8.16. The molecule has 0 saturated carbocycles. The third-order valence-corrected chi connectivity index (χ3v) is 6.07. The summed E-state index contributed by atoms with van der Waals surface area (Å²) in [6.45, 7) is 7.05. The van der Waals surface area contributed by atoms with Gasteiger partial charge in [0.1, 0.15) is 11.6 Å². The van der Waals surface area contributed by atoms with E-state index in [9.17, 15) is 4.79 Å². The molecule has 4 rings (SSSR count). The van der Waals surface area contributed by atoms with E-state index in [1.165, 1.54) is 19.3 Å². The highest BCUT2D eigenvalue weighted by Crippen LogP contribution is 2.32. The summed E-state index contributed by atoms with van der Waals surface area (Å²) in [6, 6.07) is 9.75. The Hall–Kier alpha value is -2.53. The third kappa shape index (κ3) is 4.31. The van der Waals surface area contributed by atoms with Crippen LogP contribution in [0.1, 0.15) is 56.0 Å². The maximum absolute atomic E-state index is 12.5. The summed E-state index contributed by atoms with van der Waals surface area (Å²) in [5.74, 6) is 1.90. The Morgan fingerprint density at radius 2 is 2.07 bits per heavy atom. The molecule has 1 N–H and O–H groups in total. The Balaban J connectivity index is 1.46. The van der Waals surface area contributed by atoms with Crippen molar-refractivity contribution in [1.82, 2.24) is 9.55 Å². The van der Waals surface area contributed by atoms with E-state index in [1.807, 2.05) is 37.3 Å². The second-order valence-corrected chi connectivity index (χ2v) is 8.73. The first kappa shape index (κ1) is 20.7. The normalized spacial score (nSPS) is 13.9. The van der Waals surface area contributed by atoms with Crippen LogP contribution in [0.2, 0.25) is 5.02 Å². The summed E-state index contributed by atoms with van der Waals surface area (Å²) in [5.41, 5.74) is 4.74. The van der Waals surface area contributed by atoms with Crippen molar-refractivity contribution >= 4 is 34.2 Å². The number of benzene rings is 2. The molecule has 30 heavy (non-hydrogen) atoms. The van der Waals surface area contributed by atoms with Gasteiger partial charge in [-0.25, -0.2) is 4.98 Å². The minimum atomic E-state index is -0.197. The summed E-state index contributed by atoms with van der Waals surface area (Å²) in [5, 5.41) is 3.64. The van der Waals surface area contributed by atoms with Gasteiger partial charge in [-0.1, -0.05) is 31.9 Å². The first-order chi connectivity index (χ1) is 14.4. The van der Waals surface area contributed by atoms with E-state index >= 15 is 0 Å². The highest BCUT2D eigenvalue weighted by atomic mass is 35.5. The predicted molar refractivity (Wildman–Crippen MR) is 122 cm³/mol. The van der Waals surface area contributed by atoms with Crippen LogP contribution in [0.3, 0.4) is 0 Å². The maximum atomic E-state index is 12.5. The lowest BCUT2D eigenvalue weighted by Gasteiger charge is -2.16. The van der Waals surface area contributed by atoms with Crippen LogP contribution in [0.15, 0.2) is 30.3 Å². The Kier molecular flexibility index (Phi) is 6.00. The van der Waals surface area contributed by atoms with Crippen LogP contribution in [0.5, 0.6) is 5.75 Å². The molecular weight excluding hydrogens is 398 g/mol. The van der Waals surface area contributed by atoms with Gasteiger partial charge in [0.15, 0.2) is 6.61 Å². The van der Waals surface area contributed by atoms with Crippen LogP contribution in [-0.4, -0.2) is 22.1 Å². The van der Waals surface area contributed by atoms with Gasteiger partial charge in [0.25, 0.3) is 5.91 Å². The number of halogens is 1. The molecule has 1 aliphatic heterocycles. The highest BCUT2D eigenvalue weighted by molar-refractivity contribution is 6.31. The molecule has 0 bridgehead atoms. The van der Waals surface area contributed by atoms with Crippen molar-refractivity contribution in [3.05, 3.63) is 52.3 Å². The van der Waals surface area contributed by atoms with Crippen molar-refractivity contribution in [3.63, 3.8) is 0 Å². The third-order valence-electron chi connectivity index (χ3n) is 5.66. The summed E-state index contributed by atoms with van der Waals surface area (Å²) in [4.78, 5) is 17.3. The molecule has 1 aliphatic rings. The average Bonchev–Trinajstić information content (AvgIpc) is 2.88. The van der Waals surface area contributed by atoms with Crippen molar-refractivity contribution in [2.24, 2.45) is 0 Å². The topological polar surface area (TPSA) is 56.1 Å². The number of nitrogens with zero attached hydrogens (tertiary/aromatic N) is 2. The fraction of sp³-hybridized carbons (Fsp3) is 0.417. The fourth-order valence-electron chi connectivity index (χ4n) is 4.01. The monoisotopic (exact) mass is 425 g/mol. The van der Waals surface area contributed by atoms with Crippen LogP contribution in [-0.2, 0) is 17.8 Å². The van der Waals surface area contributed by atoms with E-state index in [4.69, 9.17) is 21.3 Å². The van der Waals surface area contributed by atoms with E-state index in [-0.39, 0.29) is 18.4 Å². The molecule has 0 spiro atoms. The van der Waals surface area contributed by atoms with E-state index in [0.29, 0.717) is 10.8 Å². The number of carbonyl (C=O) groups excluding carboxylic acids is 1. The van der Waals surface area contributed by atoms with E-state index < -0.39 is 0 Å². The Labute approximate surface area is 182 Å². The molecule has 2 heterocycles. The quantitative estimate of drug-likeness (QED) is 0.556. The Bertz CT molecular complexity index is 1090. The molecule has 2 aromatic carbocycles. The van der Waals surface area contributed by atoms with Gasteiger partial charge in [0.05, 0.1) is 11.0 Å². The number of fused-ring (bicyclic) bond motifs is 3. The molecule has 0 saturated heterocycles. The van der Waals surface area contributed by atoms with Gasteiger partial charge in [-0.05, 0) is 67.1 Å². The van der Waals surface area contributed by atoms with Crippen molar-refractivity contribution < 1.29 is 9.53 Å². The SMILES string of the molecule is Cc1cc(OCC(=O)Nc2ccc3c(c2)nc2n3CCCCC2)c(C(C)C)cc1Cl. The molecule has 1 amide bonds. The van der Waals surface area contributed by atoms with E-state index in [2.05, 4.69) is 23.7 Å². The zero-order valence-electron chi connectivity index (χ0n) is 17.8. The van der Waals surface area contributed by atoms with Gasteiger partial charge in [-0.15, -0.1) is 0 Å². The van der Waals surface area contributed by atoms with Crippen molar-refractivity contribution in [3.8, 4) is 5.75 Å². The van der Waals surface area contributed by atoms with Crippen molar-refractivity contribution in [2.45, 2.75) is 58.9 Å². The molecule has 3 aromatic rings. The van der Waals surface area contributed by atoms with Crippen molar-refractivity contribution in [2.75, 3.05) is 11.9 Å². The van der Waals surface area contributed by atoms with Gasteiger partial charge in [0.2, 0.25) is 0 Å². The van der Waals surface area contributed by atoms with Crippen LogP contribution in [0.25, 0.3) is 11.0 Å². The van der Waals surface area contributed by atoms with E-state index in [0.717, 1.165) is 46.6 Å². The molecule has 1 aromatic heterocycles. The zero-order valence-corrected chi connectivity index (χ0v) is 18.6. The van der Waals surface area contributed by atoms with Gasteiger partial charge in [-0.2, -0.15) is 0 Å². The van der Waals surface area contributed by atoms with Crippen molar-refractivity contribution in [1.29, 1.82) is 0 Å². The molecule has 0 radical (unpaired) electrons. The first-order valence-corrected chi connectivity index (χ1v) is 11.0. The average molecular weight is 426 g/mol. The minimum Gasteiger partial charge on any atom is -0.483 e. The standard InChI is InChI=1S/C24H28ClN3O2/c1-15(2)18-13-19(25)16(3)11-22(18)30-14-24(29)26-17-8-9-21-20(12-17)27-23-7-5-4-6-10-28(21)23/h8-9,11-13,15H,4-7,10,14H2,1-3H3,(H,26,29). The van der Waals surface area contributed by atoms with Crippen LogP contribution < -0.4 is 10.1 Å². The van der Waals surface area contributed by atoms with Crippen LogP contribution >= 0.6 is 11.6 Å². The molecule has 0 fully saturated rings. The Morgan fingerprint density at radius 3 is 2.87 bits per heavy atom. The van der Waals surface area contributed by atoms with Gasteiger partial charge in [-0.3, -0.25) is 4.79 Å². The van der Waals surface area contributed by atoms with Crippen LogP contribution in [0.4, 0.5) is 5.69 Å². The molecule has 5 nitrogen and oxygen atoms in total. The summed E-state index contributed by atoms with van der Waals surface area (Å²) in [7, 11) is 0. The molecule has 158 valence electrons. The second kappa shape index (κ2) is 8.68. The van der Waals surface area contributed by atoms with Gasteiger partial charge in [0, 0.05) is 23.7 Å². The molecule has 0 aliphatic carbocycles. The molecule has 0 unspecified atom stereocenters. The number of amides is 1. The number of rotatable bonds is 5. The summed E-state index contributed by atoms with van der Waals surface area (Å²) >= 11 is 6.25. The zero-order chi connectivity index (χ0) is 21.3. The smallest absolute Gasteiger partial charge is 0.262 e. The number of hydrogen-bond donors (Lipinski definition) is 1. The number of hydrogen-bond acceptors (Lipinski definition) is 3. The lowest BCUT2D eigenvalue weighted by atomic mass is 10.0. The number of nitrogens with one attached hydrogen (secondary N) is 1. The predicted octanol–water partition coefficient (Wildman–Crippen LogP) is 5.87. The molecule has 0 atom stereocenters. The largest absolute Gasteiger partial charge is 0.483 e. The highest BCUT2D eigenvalue weighted by Gasteiger charge is 2.15.